The van der Waals surface area contributed by atoms with Crippen LogP contribution < -0.4 is 10.5 Å². The molecule has 0 bridgehead atoms. The first-order valence-electron chi connectivity index (χ1n) is 3.50. The maximum atomic E-state index is 12.1. The molecule has 0 aliphatic heterocycles. The van der Waals surface area contributed by atoms with Gasteiger partial charge in [-0.05, 0) is 6.07 Å². The highest BCUT2D eigenvalue weighted by Gasteiger charge is 2.40. The van der Waals surface area contributed by atoms with Gasteiger partial charge >= 0.3 is 6.18 Å². The molecule has 1 aromatic rings. The van der Waals surface area contributed by atoms with Gasteiger partial charge in [0.2, 0.25) is 0 Å². The van der Waals surface area contributed by atoms with Gasteiger partial charge in [0.05, 0.1) is 12.8 Å². The van der Waals surface area contributed by atoms with E-state index in [0.717, 1.165) is 0 Å². The minimum atomic E-state index is -4.46. The van der Waals surface area contributed by atoms with E-state index in [1.807, 2.05) is 0 Å². The van der Waals surface area contributed by atoms with Crippen molar-refractivity contribution in [2.24, 2.45) is 5.73 Å². The van der Waals surface area contributed by atoms with Gasteiger partial charge in [0.25, 0.3) is 0 Å². The van der Waals surface area contributed by atoms with E-state index < -0.39 is 12.2 Å². The number of methoxy groups -OCH3 is 1. The molecule has 0 spiro atoms. The maximum Gasteiger partial charge on any atom is 0.409 e. The van der Waals surface area contributed by atoms with Crippen molar-refractivity contribution in [1.29, 1.82) is 0 Å². The van der Waals surface area contributed by atoms with Gasteiger partial charge in [-0.25, -0.2) is 0 Å². The number of H-pyrrole nitrogens is 1. The number of rotatable bonds is 2. The first-order valence-corrected chi connectivity index (χ1v) is 3.50. The summed E-state index contributed by atoms with van der Waals surface area (Å²) in [6.45, 7) is 0. The summed E-state index contributed by atoms with van der Waals surface area (Å²) in [7, 11) is 1.29. The summed E-state index contributed by atoms with van der Waals surface area (Å²) in [6.07, 6.45) is -3.11. The standard InChI is InChI=1S/C7H9F3N2O/c1-13-4-2-3-12-5(4)6(11)7(8,9)10/h2-3,6,12H,11H2,1H3/t6-/m1/s1. The first kappa shape index (κ1) is 9.91. The van der Waals surface area contributed by atoms with Crippen molar-refractivity contribution in [3.8, 4) is 5.75 Å². The van der Waals surface area contributed by atoms with E-state index >= 15 is 0 Å². The molecule has 0 unspecified atom stereocenters. The Hall–Kier alpha value is -1.17. The predicted octanol–water partition coefficient (Wildman–Crippen LogP) is 1.59. The third-order valence-corrected chi connectivity index (χ3v) is 1.62. The molecule has 0 saturated carbocycles. The molecule has 0 aliphatic rings. The van der Waals surface area contributed by atoms with Gasteiger partial charge in [-0.15, -0.1) is 0 Å². The van der Waals surface area contributed by atoms with E-state index in [9.17, 15) is 13.2 Å². The molecule has 1 aromatic heterocycles. The van der Waals surface area contributed by atoms with Crippen molar-refractivity contribution in [3.05, 3.63) is 18.0 Å². The average molecular weight is 194 g/mol. The number of aromatic amines is 1. The second-order valence-corrected chi connectivity index (χ2v) is 2.48. The van der Waals surface area contributed by atoms with Crippen LogP contribution in [0.2, 0.25) is 0 Å². The summed E-state index contributed by atoms with van der Waals surface area (Å²) in [5, 5.41) is 0. The highest BCUT2D eigenvalue weighted by molar-refractivity contribution is 5.31. The number of ether oxygens (including phenoxy) is 1. The van der Waals surface area contributed by atoms with Crippen LogP contribution in [0.5, 0.6) is 5.75 Å². The minimum absolute atomic E-state index is 0.116. The topological polar surface area (TPSA) is 51.0 Å². The molecular weight excluding hydrogens is 185 g/mol. The number of alkyl halides is 3. The largest absolute Gasteiger partial charge is 0.495 e. The lowest BCUT2D eigenvalue weighted by Gasteiger charge is -2.15. The Balaban J connectivity index is 2.94. The van der Waals surface area contributed by atoms with Crippen LogP contribution in [0.3, 0.4) is 0 Å². The van der Waals surface area contributed by atoms with E-state index in [4.69, 9.17) is 10.5 Å². The molecule has 3 nitrogen and oxygen atoms in total. The second kappa shape index (κ2) is 3.29. The van der Waals surface area contributed by atoms with Gasteiger partial charge < -0.3 is 15.5 Å². The van der Waals surface area contributed by atoms with E-state index in [0.29, 0.717) is 0 Å². The molecule has 74 valence electrons. The molecule has 0 saturated heterocycles. The third-order valence-electron chi connectivity index (χ3n) is 1.62. The van der Waals surface area contributed by atoms with Gasteiger partial charge in [-0.2, -0.15) is 13.2 Å². The number of nitrogens with one attached hydrogen (secondary N) is 1. The quantitative estimate of drug-likeness (QED) is 0.751. The molecular formula is C7H9F3N2O. The third kappa shape index (κ3) is 1.95. The van der Waals surface area contributed by atoms with Crippen LogP contribution in [0, 0.1) is 0 Å². The molecule has 6 heteroatoms. The lowest BCUT2D eigenvalue weighted by molar-refractivity contribution is -0.150. The summed E-state index contributed by atoms with van der Waals surface area (Å²) < 4.78 is 41.1. The Labute approximate surface area is 72.7 Å². The molecule has 0 fully saturated rings. The Morgan fingerprint density at radius 1 is 1.54 bits per heavy atom. The molecule has 0 radical (unpaired) electrons. The van der Waals surface area contributed by atoms with E-state index in [1.165, 1.54) is 19.4 Å². The van der Waals surface area contributed by atoms with Crippen molar-refractivity contribution in [1.82, 2.24) is 4.98 Å². The summed E-state index contributed by atoms with van der Waals surface area (Å²) in [5.41, 5.74) is 4.80. The van der Waals surface area contributed by atoms with Gasteiger partial charge in [-0.3, -0.25) is 0 Å². The molecule has 13 heavy (non-hydrogen) atoms. The fourth-order valence-corrected chi connectivity index (χ4v) is 0.953. The van der Waals surface area contributed by atoms with Gasteiger partial charge in [0, 0.05) is 6.20 Å². The van der Waals surface area contributed by atoms with Crippen LogP contribution in [0.1, 0.15) is 11.7 Å². The average Bonchev–Trinajstić information content (AvgIpc) is 2.48. The van der Waals surface area contributed by atoms with Crippen LogP contribution in [-0.2, 0) is 0 Å². The van der Waals surface area contributed by atoms with Crippen molar-refractivity contribution < 1.29 is 17.9 Å². The summed E-state index contributed by atoms with van der Waals surface area (Å²) >= 11 is 0. The Morgan fingerprint density at radius 2 is 2.15 bits per heavy atom. The number of nitrogens with two attached hydrogens (primary N) is 1. The molecule has 1 atom stereocenters. The van der Waals surface area contributed by atoms with Crippen LogP contribution in [0.4, 0.5) is 13.2 Å². The Morgan fingerprint density at radius 3 is 2.62 bits per heavy atom. The van der Waals surface area contributed by atoms with E-state index in [1.54, 1.807) is 0 Å². The van der Waals surface area contributed by atoms with Crippen molar-refractivity contribution in [3.63, 3.8) is 0 Å². The summed E-state index contributed by atoms with van der Waals surface area (Å²) in [5.74, 6) is 0.116. The number of hydrogen-bond donors (Lipinski definition) is 2. The monoisotopic (exact) mass is 194 g/mol. The van der Waals surface area contributed by atoms with Gasteiger partial charge in [0.1, 0.15) is 11.8 Å². The van der Waals surface area contributed by atoms with Crippen molar-refractivity contribution in [2.75, 3.05) is 7.11 Å². The van der Waals surface area contributed by atoms with E-state index in [-0.39, 0.29) is 11.4 Å². The lowest BCUT2D eigenvalue weighted by atomic mass is 10.2. The second-order valence-electron chi connectivity index (χ2n) is 2.48. The fourth-order valence-electron chi connectivity index (χ4n) is 0.953. The minimum Gasteiger partial charge on any atom is -0.495 e. The summed E-state index contributed by atoms with van der Waals surface area (Å²) in [4.78, 5) is 2.39. The molecule has 1 heterocycles. The molecule has 0 amide bonds. The zero-order valence-electron chi connectivity index (χ0n) is 6.85. The number of hydrogen-bond acceptors (Lipinski definition) is 2. The SMILES string of the molecule is COc1cc[nH]c1[C@@H](N)C(F)(F)F. The zero-order valence-corrected chi connectivity index (χ0v) is 6.85. The van der Waals surface area contributed by atoms with Gasteiger partial charge in [0.15, 0.2) is 0 Å². The first-order chi connectivity index (χ1) is 5.96. The molecule has 0 aromatic carbocycles. The molecule has 0 aliphatic carbocycles. The molecule has 1 rings (SSSR count). The summed E-state index contributed by atoms with van der Waals surface area (Å²) in [6, 6.07) is -0.640. The zero-order chi connectivity index (χ0) is 10.1. The van der Waals surface area contributed by atoms with Crippen LogP contribution in [-0.4, -0.2) is 18.3 Å². The van der Waals surface area contributed by atoms with E-state index in [2.05, 4.69) is 4.98 Å². The number of halogens is 3. The van der Waals surface area contributed by atoms with Crippen LogP contribution in [0.25, 0.3) is 0 Å². The predicted molar refractivity (Wildman–Crippen MR) is 40.3 cm³/mol. The normalized spacial score (nSPS) is 14.2. The molecule has 3 N–H and O–H groups in total. The lowest BCUT2D eigenvalue weighted by Crippen LogP contribution is -2.29. The maximum absolute atomic E-state index is 12.1. The van der Waals surface area contributed by atoms with Crippen LogP contribution in [0.15, 0.2) is 12.3 Å². The fraction of sp³-hybridized carbons (Fsp3) is 0.429. The smallest absolute Gasteiger partial charge is 0.409 e. The highest BCUT2D eigenvalue weighted by Crippen LogP contribution is 2.34. The van der Waals surface area contributed by atoms with Crippen molar-refractivity contribution in [2.45, 2.75) is 12.2 Å². The Bertz CT molecular complexity index is 282. The van der Waals surface area contributed by atoms with Gasteiger partial charge in [-0.1, -0.05) is 0 Å². The Kier molecular flexibility index (Phi) is 2.51. The number of aromatic nitrogens is 1. The van der Waals surface area contributed by atoms with Crippen molar-refractivity contribution >= 4 is 0 Å². The highest BCUT2D eigenvalue weighted by atomic mass is 19.4. The van der Waals surface area contributed by atoms with Crippen LogP contribution >= 0.6 is 0 Å².